The molecular formula is C16H13F2N5OS. The third-order valence-electron chi connectivity index (χ3n) is 3.25. The van der Waals surface area contributed by atoms with Gasteiger partial charge in [-0.1, -0.05) is 11.8 Å². The minimum Gasteiger partial charge on any atom is -0.325 e. The SMILES string of the molecule is Cn1c(SCC(=O)Nc2cc(F)cc(F)c2)nnc1-c1ccncc1. The van der Waals surface area contributed by atoms with E-state index >= 15 is 0 Å². The lowest BCUT2D eigenvalue weighted by Crippen LogP contribution is -2.14. The van der Waals surface area contributed by atoms with Gasteiger partial charge in [0.2, 0.25) is 5.91 Å². The van der Waals surface area contributed by atoms with Crippen molar-refractivity contribution in [3.05, 3.63) is 54.4 Å². The summed E-state index contributed by atoms with van der Waals surface area (Å²) in [6.07, 6.45) is 3.31. The van der Waals surface area contributed by atoms with Gasteiger partial charge in [-0.15, -0.1) is 10.2 Å². The highest BCUT2D eigenvalue weighted by atomic mass is 32.2. The van der Waals surface area contributed by atoms with Gasteiger partial charge < -0.3 is 9.88 Å². The van der Waals surface area contributed by atoms with Crippen LogP contribution >= 0.6 is 11.8 Å². The molecule has 0 bridgehead atoms. The van der Waals surface area contributed by atoms with E-state index in [0.717, 1.165) is 23.8 Å². The molecule has 2 heterocycles. The van der Waals surface area contributed by atoms with Crippen molar-refractivity contribution in [3.63, 3.8) is 0 Å². The zero-order chi connectivity index (χ0) is 17.8. The van der Waals surface area contributed by atoms with E-state index in [1.807, 2.05) is 12.1 Å². The fourth-order valence-electron chi connectivity index (χ4n) is 2.15. The third kappa shape index (κ3) is 4.18. The molecule has 3 aromatic rings. The fraction of sp³-hybridized carbons (Fsp3) is 0.125. The lowest BCUT2D eigenvalue weighted by atomic mass is 10.2. The average Bonchev–Trinajstić information content (AvgIpc) is 2.93. The number of thioether (sulfide) groups is 1. The summed E-state index contributed by atoms with van der Waals surface area (Å²) in [6, 6.07) is 6.46. The van der Waals surface area contributed by atoms with Crippen molar-refractivity contribution >= 4 is 23.4 Å². The number of hydrogen-bond acceptors (Lipinski definition) is 5. The molecule has 25 heavy (non-hydrogen) atoms. The van der Waals surface area contributed by atoms with Crippen LogP contribution in [0.15, 0.2) is 47.9 Å². The number of nitrogens with zero attached hydrogens (tertiary/aromatic N) is 4. The maximum absolute atomic E-state index is 13.1. The molecule has 0 saturated heterocycles. The lowest BCUT2D eigenvalue weighted by molar-refractivity contribution is -0.113. The molecule has 0 saturated carbocycles. The maximum atomic E-state index is 13.1. The molecule has 128 valence electrons. The average molecular weight is 361 g/mol. The van der Waals surface area contributed by atoms with E-state index in [2.05, 4.69) is 20.5 Å². The summed E-state index contributed by atoms with van der Waals surface area (Å²) in [4.78, 5) is 15.9. The van der Waals surface area contributed by atoms with Crippen molar-refractivity contribution in [2.45, 2.75) is 5.16 Å². The lowest BCUT2D eigenvalue weighted by Gasteiger charge is -2.06. The number of amides is 1. The van der Waals surface area contributed by atoms with Crippen molar-refractivity contribution in [3.8, 4) is 11.4 Å². The van der Waals surface area contributed by atoms with Gasteiger partial charge in [0, 0.05) is 36.8 Å². The molecule has 0 spiro atoms. The molecule has 0 aliphatic heterocycles. The second kappa shape index (κ2) is 7.39. The number of hydrogen-bond donors (Lipinski definition) is 1. The number of rotatable bonds is 5. The van der Waals surface area contributed by atoms with Gasteiger partial charge in [-0.25, -0.2) is 8.78 Å². The number of pyridine rings is 1. The largest absolute Gasteiger partial charge is 0.325 e. The predicted octanol–water partition coefficient (Wildman–Crippen LogP) is 2.89. The Hall–Kier alpha value is -2.81. The van der Waals surface area contributed by atoms with E-state index in [1.54, 1.807) is 24.0 Å². The van der Waals surface area contributed by atoms with Crippen LogP contribution in [0.1, 0.15) is 0 Å². The van der Waals surface area contributed by atoms with Gasteiger partial charge in [0.15, 0.2) is 11.0 Å². The number of halogens is 2. The van der Waals surface area contributed by atoms with Crippen LogP contribution in [-0.4, -0.2) is 31.4 Å². The Morgan fingerprint density at radius 2 is 1.84 bits per heavy atom. The molecule has 0 radical (unpaired) electrons. The highest BCUT2D eigenvalue weighted by Gasteiger charge is 2.13. The second-order valence-corrected chi connectivity index (χ2v) is 6.04. The Balaban J connectivity index is 1.64. The zero-order valence-electron chi connectivity index (χ0n) is 13.1. The highest BCUT2D eigenvalue weighted by Crippen LogP contribution is 2.22. The molecule has 0 aliphatic carbocycles. The van der Waals surface area contributed by atoms with E-state index < -0.39 is 17.5 Å². The van der Waals surface area contributed by atoms with Gasteiger partial charge in [-0.2, -0.15) is 0 Å². The molecule has 0 aliphatic rings. The molecule has 1 aromatic carbocycles. The summed E-state index contributed by atoms with van der Waals surface area (Å²) >= 11 is 1.17. The number of benzene rings is 1. The molecule has 2 aromatic heterocycles. The molecule has 3 rings (SSSR count). The van der Waals surface area contributed by atoms with Gasteiger partial charge in [-0.05, 0) is 24.3 Å². The third-order valence-corrected chi connectivity index (χ3v) is 4.27. The minimum absolute atomic E-state index is 0.0282. The minimum atomic E-state index is -0.752. The van der Waals surface area contributed by atoms with Crippen molar-refractivity contribution in [1.29, 1.82) is 0 Å². The van der Waals surface area contributed by atoms with Gasteiger partial charge in [0.05, 0.1) is 5.75 Å². The normalized spacial score (nSPS) is 10.7. The first kappa shape index (κ1) is 17.0. The Morgan fingerprint density at radius 3 is 2.52 bits per heavy atom. The van der Waals surface area contributed by atoms with Crippen LogP contribution in [0.25, 0.3) is 11.4 Å². The summed E-state index contributed by atoms with van der Waals surface area (Å²) in [5.74, 6) is -1.22. The van der Waals surface area contributed by atoms with E-state index in [1.165, 1.54) is 11.8 Å². The molecular weight excluding hydrogens is 348 g/mol. The van der Waals surface area contributed by atoms with Crippen LogP contribution in [0.4, 0.5) is 14.5 Å². The Kier molecular flexibility index (Phi) is 5.03. The van der Waals surface area contributed by atoms with E-state index in [0.29, 0.717) is 11.0 Å². The first-order chi connectivity index (χ1) is 12.0. The van der Waals surface area contributed by atoms with Crippen LogP contribution in [-0.2, 0) is 11.8 Å². The standard InChI is InChI=1S/C16H13F2N5OS/c1-23-15(10-2-4-19-5-3-10)21-22-16(23)25-9-14(24)20-13-7-11(17)6-12(18)8-13/h2-8H,9H2,1H3,(H,20,24). The molecule has 1 amide bonds. The van der Waals surface area contributed by atoms with E-state index in [9.17, 15) is 13.6 Å². The number of aromatic nitrogens is 4. The summed E-state index contributed by atoms with van der Waals surface area (Å²) in [6.45, 7) is 0. The van der Waals surface area contributed by atoms with Crippen molar-refractivity contribution in [1.82, 2.24) is 19.7 Å². The van der Waals surface area contributed by atoms with Crippen LogP contribution in [0, 0.1) is 11.6 Å². The second-order valence-electron chi connectivity index (χ2n) is 5.10. The number of carbonyl (C=O) groups is 1. The van der Waals surface area contributed by atoms with Gasteiger partial charge >= 0.3 is 0 Å². The van der Waals surface area contributed by atoms with Crippen LogP contribution in [0.2, 0.25) is 0 Å². The predicted molar refractivity (Wildman–Crippen MR) is 89.9 cm³/mol. The van der Waals surface area contributed by atoms with Crippen molar-refractivity contribution in [2.24, 2.45) is 7.05 Å². The highest BCUT2D eigenvalue weighted by molar-refractivity contribution is 7.99. The van der Waals surface area contributed by atoms with Crippen LogP contribution in [0.3, 0.4) is 0 Å². The molecule has 0 fully saturated rings. The summed E-state index contributed by atoms with van der Waals surface area (Å²) < 4.78 is 28.0. The van der Waals surface area contributed by atoms with Crippen molar-refractivity contribution < 1.29 is 13.6 Å². The maximum Gasteiger partial charge on any atom is 0.234 e. The quantitative estimate of drug-likeness (QED) is 0.708. The summed E-state index contributed by atoms with van der Waals surface area (Å²) in [5, 5.41) is 11.2. The van der Waals surface area contributed by atoms with Crippen LogP contribution in [0.5, 0.6) is 0 Å². The zero-order valence-corrected chi connectivity index (χ0v) is 13.9. The smallest absolute Gasteiger partial charge is 0.234 e. The molecule has 6 nitrogen and oxygen atoms in total. The van der Waals surface area contributed by atoms with E-state index in [-0.39, 0.29) is 11.4 Å². The van der Waals surface area contributed by atoms with Crippen molar-refractivity contribution in [2.75, 3.05) is 11.1 Å². The summed E-state index contributed by atoms with van der Waals surface area (Å²) in [5.41, 5.74) is 0.926. The fourth-order valence-corrected chi connectivity index (χ4v) is 2.86. The first-order valence-corrected chi connectivity index (χ1v) is 8.20. The summed E-state index contributed by atoms with van der Waals surface area (Å²) in [7, 11) is 1.79. The Bertz CT molecular complexity index is 881. The topological polar surface area (TPSA) is 72.7 Å². The molecule has 1 N–H and O–H groups in total. The van der Waals surface area contributed by atoms with Gasteiger partial charge in [-0.3, -0.25) is 9.78 Å². The molecule has 0 unspecified atom stereocenters. The number of carbonyl (C=O) groups excluding carboxylic acids is 1. The Labute approximate surface area is 146 Å². The Morgan fingerprint density at radius 1 is 1.16 bits per heavy atom. The number of nitrogens with one attached hydrogen (secondary N) is 1. The van der Waals surface area contributed by atoms with Gasteiger partial charge in [0.1, 0.15) is 11.6 Å². The van der Waals surface area contributed by atoms with Crippen LogP contribution < -0.4 is 5.32 Å². The monoisotopic (exact) mass is 361 g/mol. The number of anilines is 1. The molecule has 0 atom stereocenters. The van der Waals surface area contributed by atoms with Gasteiger partial charge in [0.25, 0.3) is 0 Å². The van der Waals surface area contributed by atoms with E-state index in [4.69, 9.17) is 0 Å². The first-order valence-electron chi connectivity index (χ1n) is 7.21. The molecule has 9 heteroatoms.